The Kier molecular flexibility index (Phi) is 4.34. The van der Waals surface area contributed by atoms with Crippen molar-refractivity contribution in [2.24, 2.45) is 5.73 Å². The minimum atomic E-state index is -0.701. The molecule has 0 aliphatic carbocycles. The zero-order valence-corrected chi connectivity index (χ0v) is 10.4. The number of nitrogens with two attached hydrogens (primary N) is 1. The van der Waals surface area contributed by atoms with Gasteiger partial charge in [-0.25, -0.2) is 4.79 Å². The molecule has 1 fully saturated rings. The molecule has 2 atom stereocenters. The van der Waals surface area contributed by atoms with E-state index in [0.29, 0.717) is 25.9 Å². The SMILES string of the molecule is CC(NC(N)=O)C(=O)N1CCCC(C)(O)CC1. The Morgan fingerprint density at radius 3 is 2.65 bits per heavy atom. The Bertz CT molecular complexity index is 304. The van der Waals surface area contributed by atoms with Gasteiger partial charge in [-0.1, -0.05) is 0 Å². The maximum atomic E-state index is 12.0. The van der Waals surface area contributed by atoms with Gasteiger partial charge in [-0.15, -0.1) is 0 Å². The van der Waals surface area contributed by atoms with E-state index in [1.165, 1.54) is 0 Å². The molecule has 4 N–H and O–H groups in total. The summed E-state index contributed by atoms with van der Waals surface area (Å²) >= 11 is 0. The van der Waals surface area contributed by atoms with Crippen molar-refractivity contribution in [2.75, 3.05) is 13.1 Å². The lowest BCUT2D eigenvalue weighted by Gasteiger charge is -2.25. The van der Waals surface area contributed by atoms with Crippen LogP contribution in [0.15, 0.2) is 0 Å². The van der Waals surface area contributed by atoms with Crippen LogP contribution in [0.2, 0.25) is 0 Å². The highest BCUT2D eigenvalue weighted by molar-refractivity contribution is 5.86. The van der Waals surface area contributed by atoms with Gasteiger partial charge in [-0.2, -0.15) is 0 Å². The Balaban J connectivity index is 2.55. The van der Waals surface area contributed by atoms with Crippen molar-refractivity contribution in [1.29, 1.82) is 0 Å². The van der Waals surface area contributed by atoms with Crippen molar-refractivity contribution in [3.05, 3.63) is 0 Å². The van der Waals surface area contributed by atoms with Crippen molar-refractivity contribution in [3.8, 4) is 0 Å². The maximum absolute atomic E-state index is 12.0. The van der Waals surface area contributed by atoms with E-state index in [1.807, 2.05) is 0 Å². The number of rotatable bonds is 2. The van der Waals surface area contributed by atoms with Crippen LogP contribution in [0.5, 0.6) is 0 Å². The summed E-state index contributed by atoms with van der Waals surface area (Å²) in [5, 5.41) is 12.3. The van der Waals surface area contributed by atoms with Crippen LogP contribution in [0, 0.1) is 0 Å². The summed E-state index contributed by atoms with van der Waals surface area (Å²) in [6.07, 6.45) is 2.01. The Morgan fingerprint density at radius 1 is 1.41 bits per heavy atom. The first-order valence-corrected chi connectivity index (χ1v) is 5.89. The van der Waals surface area contributed by atoms with E-state index in [2.05, 4.69) is 5.32 Å². The molecule has 0 bridgehead atoms. The summed E-state index contributed by atoms with van der Waals surface area (Å²) < 4.78 is 0. The van der Waals surface area contributed by atoms with Gasteiger partial charge in [0.05, 0.1) is 5.60 Å². The van der Waals surface area contributed by atoms with Crippen LogP contribution in [-0.2, 0) is 4.79 Å². The van der Waals surface area contributed by atoms with Crippen LogP contribution >= 0.6 is 0 Å². The molecule has 17 heavy (non-hydrogen) atoms. The monoisotopic (exact) mass is 243 g/mol. The summed E-state index contributed by atoms with van der Waals surface area (Å²) in [6.45, 7) is 4.51. The molecule has 0 spiro atoms. The third-order valence-electron chi connectivity index (χ3n) is 3.10. The zero-order valence-electron chi connectivity index (χ0n) is 10.4. The van der Waals surface area contributed by atoms with Crippen LogP contribution in [0.3, 0.4) is 0 Å². The summed E-state index contributed by atoms with van der Waals surface area (Å²) in [6, 6.07) is -1.32. The van der Waals surface area contributed by atoms with Gasteiger partial charge in [0.1, 0.15) is 6.04 Å². The van der Waals surface area contributed by atoms with Crippen molar-refractivity contribution in [3.63, 3.8) is 0 Å². The number of aliphatic hydroxyl groups is 1. The van der Waals surface area contributed by atoms with E-state index in [1.54, 1.807) is 18.7 Å². The first kappa shape index (κ1) is 13.8. The molecular weight excluding hydrogens is 222 g/mol. The van der Waals surface area contributed by atoms with Crippen LogP contribution in [0.25, 0.3) is 0 Å². The lowest BCUT2D eigenvalue weighted by Crippen LogP contribution is -2.48. The van der Waals surface area contributed by atoms with Gasteiger partial charge in [0.25, 0.3) is 0 Å². The molecule has 1 heterocycles. The Morgan fingerprint density at radius 2 is 2.06 bits per heavy atom. The fraction of sp³-hybridized carbons (Fsp3) is 0.818. The van der Waals surface area contributed by atoms with Crippen molar-refractivity contribution >= 4 is 11.9 Å². The molecule has 98 valence electrons. The second-order valence-corrected chi connectivity index (χ2v) is 4.91. The minimum absolute atomic E-state index is 0.151. The van der Waals surface area contributed by atoms with Crippen molar-refractivity contribution < 1.29 is 14.7 Å². The fourth-order valence-corrected chi connectivity index (χ4v) is 2.03. The summed E-state index contributed by atoms with van der Waals surface area (Å²) in [4.78, 5) is 24.3. The molecule has 2 unspecified atom stereocenters. The number of nitrogens with one attached hydrogen (secondary N) is 1. The van der Waals surface area contributed by atoms with Crippen LogP contribution in [0.1, 0.15) is 33.1 Å². The predicted molar refractivity (Wildman–Crippen MR) is 63.2 cm³/mol. The third kappa shape index (κ3) is 4.22. The van der Waals surface area contributed by atoms with Gasteiger partial charge in [0.2, 0.25) is 5.91 Å². The number of primary amides is 1. The van der Waals surface area contributed by atoms with Crippen LogP contribution < -0.4 is 11.1 Å². The maximum Gasteiger partial charge on any atom is 0.312 e. The van der Waals surface area contributed by atoms with E-state index >= 15 is 0 Å². The molecule has 0 aromatic rings. The van der Waals surface area contributed by atoms with Crippen molar-refractivity contribution in [1.82, 2.24) is 10.2 Å². The second-order valence-electron chi connectivity index (χ2n) is 4.91. The molecule has 3 amide bonds. The number of hydrogen-bond donors (Lipinski definition) is 3. The highest BCUT2D eigenvalue weighted by Crippen LogP contribution is 2.21. The first-order valence-electron chi connectivity index (χ1n) is 5.89. The molecule has 1 saturated heterocycles. The number of urea groups is 1. The number of nitrogens with zero attached hydrogens (tertiary/aromatic N) is 1. The van der Waals surface area contributed by atoms with E-state index < -0.39 is 17.7 Å². The van der Waals surface area contributed by atoms with E-state index in [0.717, 1.165) is 6.42 Å². The lowest BCUT2D eigenvalue weighted by molar-refractivity contribution is -0.132. The summed E-state index contributed by atoms with van der Waals surface area (Å²) in [7, 11) is 0. The molecule has 0 radical (unpaired) electrons. The highest BCUT2D eigenvalue weighted by Gasteiger charge is 2.29. The van der Waals surface area contributed by atoms with E-state index in [4.69, 9.17) is 5.73 Å². The predicted octanol–water partition coefficient (Wildman–Crippen LogP) is -0.193. The van der Waals surface area contributed by atoms with E-state index in [9.17, 15) is 14.7 Å². The molecule has 6 heteroatoms. The molecule has 1 rings (SSSR count). The average molecular weight is 243 g/mol. The fourth-order valence-electron chi connectivity index (χ4n) is 2.03. The van der Waals surface area contributed by atoms with Gasteiger partial charge in [0, 0.05) is 13.1 Å². The van der Waals surface area contributed by atoms with Gasteiger partial charge < -0.3 is 21.1 Å². The minimum Gasteiger partial charge on any atom is -0.390 e. The van der Waals surface area contributed by atoms with Crippen LogP contribution in [-0.4, -0.2) is 46.7 Å². The summed E-state index contributed by atoms with van der Waals surface area (Å²) in [5.74, 6) is -0.151. The average Bonchev–Trinajstić information content (AvgIpc) is 2.37. The molecule has 0 saturated carbocycles. The van der Waals surface area contributed by atoms with Gasteiger partial charge in [-0.3, -0.25) is 4.79 Å². The van der Waals surface area contributed by atoms with Crippen molar-refractivity contribution in [2.45, 2.75) is 44.8 Å². The number of hydrogen-bond acceptors (Lipinski definition) is 3. The van der Waals surface area contributed by atoms with Gasteiger partial charge in [0.15, 0.2) is 0 Å². The normalized spacial score (nSPS) is 27.1. The second kappa shape index (κ2) is 5.35. The summed E-state index contributed by atoms with van der Waals surface area (Å²) in [5.41, 5.74) is 4.27. The van der Waals surface area contributed by atoms with E-state index in [-0.39, 0.29) is 5.91 Å². The molecule has 1 aliphatic rings. The highest BCUT2D eigenvalue weighted by atomic mass is 16.3. The molecular formula is C11H21N3O3. The molecule has 6 nitrogen and oxygen atoms in total. The smallest absolute Gasteiger partial charge is 0.312 e. The molecule has 1 aliphatic heterocycles. The lowest BCUT2D eigenvalue weighted by atomic mass is 9.98. The Labute approximate surface area is 101 Å². The van der Waals surface area contributed by atoms with Gasteiger partial charge in [-0.05, 0) is 33.1 Å². The molecule has 0 aromatic heterocycles. The zero-order chi connectivity index (χ0) is 13.1. The topological polar surface area (TPSA) is 95.7 Å². The number of carbonyl (C=O) groups is 2. The number of amides is 3. The standard InChI is InChI=1S/C11H21N3O3/c1-8(13-10(12)16)9(15)14-6-3-4-11(2,17)5-7-14/h8,17H,3-7H2,1-2H3,(H3,12,13,16). The van der Waals surface area contributed by atoms with Crippen LogP contribution in [0.4, 0.5) is 4.79 Å². The quantitative estimate of drug-likeness (QED) is 0.627. The van der Waals surface area contributed by atoms with Gasteiger partial charge >= 0.3 is 6.03 Å². The Hall–Kier alpha value is -1.30. The number of likely N-dealkylation sites (tertiary alicyclic amines) is 1. The largest absolute Gasteiger partial charge is 0.390 e. The molecule has 0 aromatic carbocycles. The third-order valence-corrected chi connectivity index (χ3v) is 3.10. The number of carbonyl (C=O) groups excluding carboxylic acids is 2. The first-order chi connectivity index (χ1) is 7.82.